The van der Waals surface area contributed by atoms with Gasteiger partial charge in [-0.15, -0.1) is 0 Å². The summed E-state index contributed by atoms with van der Waals surface area (Å²) in [6, 6.07) is 7.12. The van der Waals surface area contributed by atoms with Gasteiger partial charge in [0.2, 0.25) is 0 Å². The minimum Gasteiger partial charge on any atom is -0.482 e. The highest BCUT2D eigenvalue weighted by Gasteiger charge is 2.27. The lowest BCUT2D eigenvalue weighted by atomic mass is 9.82. The molecule has 112 valence electrons. The molecule has 0 aliphatic rings. The molecule has 0 unspecified atom stereocenters. The molecule has 1 N–H and O–H groups in total. The first kappa shape index (κ1) is 16.8. The fourth-order valence-electron chi connectivity index (χ4n) is 2.49. The van der Waals surface area contributed by atoms with Gasteiger partial charge in [-0.05, 0) is 37.8 Å². The molecular formula is C16H24ClNO2. The van der Waals surface area contributed by atoms with E-state index in [2.05, 4.69) is 26.1 Å². The van der Waals surface area contributed by atoms with Crippen molar-refractivity contribution >= 4 is 17.5 Å². The minimum absolute atomic E-state index is 0.0305. The highest BCUT2D eigenvalue weighted by molar-refractivity contribution is 6.32. The largest absolute Gasteiger partial charge is 0.482 e. The first-order valence-electron chi connectivity index (χ1n) is 6.77. The van der Waals surface area contributed by atoms with Crippen molar-refractivity contribution in [3.8, 4) is 5.75 Å². The minimum atomic E-state index is -0.265. The lowest BCUT2D eigenvalue weighted by Crippen LogP contribution is -2.47. The van der Waals surface area contributed by atoms with Crippen LogP contribution in [0.25, 0.3) is 0 Å². The zero-order chi connectivity index (χ0) is 15.4. The van der Waals surface area contributed by atoms with Gasteiger partial charge in [0.15, 0.2) is 6.61 Å². The van der Waals surface area contributed by atoms with Gasteiger partial charge in [-0.1, -0.05) is 44.5 Å². The van der Waals surface area contributed by atoms with E-state index in [9.17, 15) is 4.79 Å². The van der Waals surface area contributed by atoms with Crippen LogP contribution in [0.15, 0.2) is 24.3 Å². The van der Waals surface area contributed by atoms with E-state index in [4.69, 9.17) is 16.3 Å². The average molecular weight is 298 g/mol. The first-order chi connectivity index (χ1) is 9.09. The van der Waals surface area contributed by atoms with Crippen LogP contribution in [-0.4, -0.2) is 18.1 Å². The highest BCUT2D eigenvalue weighted by atomic mass is 35.5. The molecule has 0 saturated carbocycles. The van der Waals surface area contributed by atoms with Gasteiger partial charge in [-0.2, -0.15) is 0 Å². The number of halogens is 1. The van der Waals surface area contributed by atoms with Crippen LogP contribution in [0.5, 0.6) is 5.75 Å². The topological polar surface area (TPSA) is 38.3 Å². The second-order valence-corrected chi connectivity index (χ2v) is 7.30. The fourth-order valence-corrected chi connectivity index (χ4v) is 2.68. The molecule has 3 nitrogen and oxygen atoms in total. The summed E-state index contributed by atoms with van der Waals surface area (Å²) in [5.41, 5.74) is -0.112. The number of hydrogen-bond donors (Lipinski definition) is 1. The monoisotopic (exact) mass is 297 g/mol. The van der Waals surface area contributed by atoms with E-state index in [1.807, 2.05) is 26.0 Å². The van der Waals surface area contributed by atoms with Gasteiger partial charge in [0.05, 0.1) is 5.02 Å². The average Bonchev–Trinajstić information content (AvgIpc) is 2.23. The second-order valence-electron chi connectivity index (χ2n) is 6.89. The number of carbonyl (C=O) groups excluding carboxylic acids is 1. The smallest absolute Gasteiger partial charge is 0.258 e. The Balaban J connectivity index is 2.50. The zero-order valence-electron chi connectivity index (χ0n) is 12.9. The lowest BCUT2D eigenvalue weighted by molar-refractivity contribution is -0.125. The number of benzene rings is 1. The van der Waals surface area contributed by atoms with Crippen molar-refractivity contribution in [3.05, 3.63) is 29.3 Å². The Kier molecular flexibility index (Phi) is 5.46. The summed E-state index contributed by atoms with van der Waals surface area (Å²) in [6.07, 6.45) is 0.887. The van der Waals surface area contributed by atoms with Crippen molar-refractivity contribution in [2.75, 3.05) is 6.61 Å². The Morgan fingerprint density at radius 3 is 2.35 bits per heavy atom. The number of para-hydroxylation sites is 1. The molecule has 1 rings (SSSR count). The number of ether oxygens (including phenoxy) is 1. The van der Waals surface area contributed by atoms with Crippen LogP contribution in [0.2, 0.25) is 5.02 Å². The molecule has 1 aromatic rings. The maximum Gasteiger partial charge on any atom is 0.258 e. The van der Waals surface area contributed by atoms with Crippen molar-refractivity contribution in [2.24, 2.45) is 5.41 Å². The molecule has 1 amide bonds. The summed E-state index contributed by atoms with van der Waals surface area (Å²) in [6.45, 7) is 10.5. The molecule has 1 aromatic carbocycles. The Hall–Kier alpha value is -1.22. The van der Waals surface area contributed by atoms with Gasteiger partial charge in [0.25, 0.3) is 5.91 Å². The molecule has 0 bridgehead atoms. The van der Waals surface area contributed by atoms with Crippen LogP contribution >= 0.6 is 11.6 Å². The SMILES string of the molecule is CC(C)(C)CC(C)(C)NC(=O)COc1ccccc1Cl. The Morgan fingerprint density at radius 1 is 1.20 bits per heavy atom. The molecule has 0 spiro atoms. The van der Waals surface area contributed by atoms with Crippen molar-refractivity contribution < 1.29 is 9.53 Å². The summed E-state index contributed by atoms with van der Waals surface area (Å²) >= 11 is 5.97. The quantitative estimate of drug-likeness (QED) is 0.890. The van der Waals surface area contributed by atoms with Crippen LogP contribution in [-0.2, 0) is 4.79 Å². The molecule has 0 atom stereocenters. The van der Waals surface area contributed by atoms with Crippen LogP contribution < -0.4 is 10.1 Å². The molecular weight excluding hydrogens is 274 g/mol. The van der Waals surface area contributed by atoms with Gasteiger partial charge in [-0.25, -0.2) is 0 Å². The van der Waals surface area contributed by atoms with E-state index < -0.39 is 0 Å². The van der Waals surface area contributed by atoms with Gasteiger partial charge >= 0.3 is 0 Å². The van der Waals surface area contributed by atoms with Crippen molar-refractivity contribution in [1.29, 1.82) is 0 Å². The number of amides is 1. The molecule has 4 heteroatoms. The highest BCUT2D eigenvalue weighted by Crippen LogP contribution is 2.27. The molecule has 0 radical (unpaired) electrons. The third-order valence-electron chi connectivity index (χ3n) is 2.65. The number of rotatable bonds is 5. The van der Waals surface area contributed by atoms with Crippen LogP contribution in [0.4, 0.5) is 0 Å². The maximum atomic E-state index is 11.9. The molecule has 20 heavy (non-hydrogen) atoms. The van der Waals surface area contributed by atoms with E-state index in [-0.39, 0.29) is 23.5 Å². The van der Waals surface area contributed by atoms with Gasteiger partial charge in [-0.3, -0.25) is 4.79 Å². The standard InChI is InChI=1S/C16H24ClNO2/c1-15(2,3)11-16(4,5)18-14(19)10-20-13-9-7-6-8-12(13)17/h6-9H,10-11H2,1-5H3,(H,18,19). The summed E-state index contributed by atoms with van der Waals surface area (Å²) < 4.78 is 5.43. The van der Waals surface area contributed by atoms with Crippen molar-refractivity contribution in [2.45, 2.75) is 46.6 Å². The van der Waals surface area contributed by atoms with E-state index in [1.54, 1.807) is 12.1 Å². The second kappa shape index (κ2) is 6.49. The van der Waals surface area contributed by atoms with E-state index in [1.165, 1.54) is 0 Å². The molecule has 0 saturated heterocycles. The number of nitrogens with one attached hydrogen (secondary N) is 1. The predicted molar refractivity (Wildman–Crippen MR) is 83.2 cm³/mol. The van der Waals surface area contributed by atoms with Crippen molar-refractivity contribution in [1.82, 2.24) is 5.32 Å². The fraction of sp³-hybridized carbons (Fsp3) is 0.562. The summed E-state index contributed by atoms with van der Waals surface area (Å²) in [4.78, 5) is 11.9. The van der Waals surface area contributed by atoms with E-state index in [0.717, 1.165) is 6.42 Å². The Labute approximate surface area is 126 Å². The van der Waals surface area contributed by atoms with Crippen LogP contribution in [0.1, 0.15) is 41.0 Å². The zero-order valence-corrected chi connectivity index (χ0v) is 13.7. The maximum absolute atomic E-state index is 11.9. The normalized spacial score (nSPS) is 12.1. The summed E-state index contributed by atoms with van der Waals surface area (Å²) in [7, 11) is 0. The molecule has 0 heterocycles. The van der Waals surface area contributed by atoms with Crippen LogP contribution in [0, 0.1) is 5.41 Å². The lowest BCUT2D eigenvalue weighted by Gasteiger charge is -2.33. The predicted octanol–water partition coefficient (Wildman–Crippen LogP) is 4.05. The Bertz CT molecular complexity index is 464. The van der Waals surface area contributed by atoms with E-state index >= 15 is 0 Å². The first-order valence-corrected chi connectivity index (χ1v) is 7.15. The van der Waals surface area contributed by atoms with Crippen LogP contribution in [0.3, 0.4) is 0 Å². The van der Waals surface area contributed by atoms with Gasteiger partial charge in [0, 0.05) is 5.54 Å². The van der Waals surface area contributed by atoms with Gasteiger partial charge in [0.1, 0.15) is 5.75 Å². The molecule has 0 aliphatic carbocycles. The summed E-state index contributed by atoms with van der Waals surface area (Å²) in [5, 5.41) is 3.50. The Morgan fingerprint density at radius 2 is 1.80 bits per heavy atom. The third-order valence-corrected chi connectivity index (χ3v) is 2.96. The van der Waals surface area contributed by atoms with E-state index in [0.29, 0.717) is 10.8 Å². The van der Waals surface area contributed by atoms with Crippen molar-refractivity contribution in [3.63, 3.8) is 0 Å². The number of hydrogen-bond acceptors (Lipinski definition) is 2. The number of carbonyl (C=O) groups is 1. The molecule has 0 fully saturated rings. The summed E-state index contributed by atoms with van der Waals surface area (Å²) in [5.74, 6) is 0.386. The molecule has 0 aromatic heterocycles. The van der Waals surface area contributed by atoms with Gasteiger partial charge < -0.3 is 10.1 Å². The third kappa shape index (κ3) is 6.29. The molecule has 0 aliphatic heterocycles.